The van der Waals surface area contributed by atoms with E-state index in [1.807, 2.05) is 0 Å². The van der Waals surface area contributed by atoms with Crippen LogP contribution in [-0.2, 0) is 14.6 Å². The van der Waals surface area contributed by atoms with Crippen LogP contribution in [0.2, 0.25) is 0 Å². The van der Waals surface area contributed by atoms with Crippen LogP contribution < -0.4 is 0 Å². The van der Waals surface area contributed by atoms with Crippen molar-refractivity contribution in [1.82, 2.24) is 4.90 Å². The molecule has 0 aromatic rings. The summed E-state index contributed by atoms with van der Waals surface area (Å²) in [5.74, 6) is -0.646. The van der Waals surface area contributed by atoms with E-state index in [0.717, 1.165) is 25.5 Å². The molecule has 1 amide bonds. The molecule has 1 aliphatic carbocycles. The molecule has 0 heterocycles. The number of sulfone groups is 1. The van der Waals surface area contributed by atoms with Crippen molar-refractivity contribution in [1.29, 1.82) is 0 Å². The lowest BCUT2D eigenvalue weighted by Gasteiger charge is -2.34. The average Bonchev–Trinajstić information content (AvgIpc) is 1.78. The van der Waals surface area contributed by atoms with E-state index < -0.39 is 9.84 Å². The van der Waals surface area contributed by atoms with E-state index in [0.29, 0.717) is 0 Å². The van der Waals surface area contributed by atoms with Crippen molar-refractivity contribution in [2.45, 2.75) is 25.3 Å². The first-order valence-electron chi connectivity index (χ1n) is 4.33. The maximum Gasteiger partial charge on any atom is 0.237 e. The fraction of sp³-hybridized carbons (Fsp3) is 0.875. The van der Waals surface area contributed by atoms with Gasteiger partial charge in [0, 0.05) is 19.3 Å². The van der Waals surface area contributed by atoms with Crippen molar-refractivity contribution in [3.05, 3.63) is 0 Å². The van der Waals surface area contributed by atoms with Crippen LogP contribution in [0.25, 0.3) is 0 Å². The minimum absolute atomic E-state index is 0.272. The molecule has 1 rings (SSSR count). The molecule has 4 nitrogen and oxygen atoms in total. The van der Waals surface area contributed by atoms with Gasteiger partial charge in [0.05, 0.1) is 0 Å². The largest absolute Gasteiger partial charge is 0.342 e. The molecule has 0 aromatic carbocycles. The molecule has 1 aliphatic rings. The SMILES string of the molecule is CN(C(=O)CS(C)(=O)=O)C1CCC1. The van der Waals surface area contributed by atoms with Gasteiger partial charge in [-0.1, -0.05) is 0 Å². The Morgan fingerprint density at radius 3 is 2.31 bits per heavy atom. The zero-order valence-electron chi connectivity index (χ0n) is 7.99. The van der Waals surface area contributed by atoms with Crippen molar-refractivity contribution >= 4 is 15.7 Å². The number of nitrogens with zero attached hydrogens (tertiary/aromatic N) is 1. The van der Waals surface area contributed by atoms with Crippen molar-refractivity contribution in [2.24, 2.45) is 0 Å². The highest BCUT2D eigenvalue weighted by molar-refractivity contribution is 7.91. The highest BCUT2D eigenvalue weighted by atomic mass is 32.2. The molecule has 0 N–H and O–H groups in total. The van der Waals surface area contributed by atoms with Gasteiger partial charge in [-0.15, -0.1) is 0 Å². The van der Waals surface area contributed by atoms with Gasteiger partial charge >= 0.3 is 0 Å². The van der Waals surface area contributed by atoms with Crippen LogP contribution in [-0.4, -0.2) is 44.3 Å². The summed E-state index contributed by atoms with van der Waals surface area (Å²) >= 11 is 0. The summed E-state index contributed by atoms with van der Waals surface area (Å²) in [6, 6.07) is 0.272. The van der Waals surface area contributed by atoms with Gasteiger partial charge in [-0.25, -0.2) is 8.42 Å². The minimum atomic E-state index is -3.18. The summed E-state index contributed by atoms with van der Waals surface area (Å²) < 4.78 is 21.7. The second-order valence-electron chi connectivity index (χ2n) is 3.66. The Kier molecular flexibility index (Phi) is 2.95. The number of carbonyl (C=O) groups is 1. The van der Waals surface area contributed by atoms with E-state index >= 15 is 0 Å². The highest BCUT2D eigenvalue weighted by Gasteiger charge is 2.26. The Balaban J connectivity index is 2.47. The molecular weight excluding hydrogens is 190 g/mol. The fourth-order valence-electron chi connectivity index (χ4n) is 1.30. The molecule has 0 unspecified atom stereocenters. The van der Waals surface area contributed by atoms with Gasteiger partial charge < -0.3 is 4.90 Å². The second kappa shape index (κ2) is 3.65. The van der Waals surface area contributed by atoms with Crippen LogP contribution in [0.15, 0.2) is 0 Å². The molecular formula is C8H15NO3S. The van der Waals surface area contributed by atoms with Gasteiger partial charge in [-0.05, 0) is 19.3 Å². The van der Waals surface area contributed by atoms with Crippen molar-refractivity contribution in [3.63, 3.8) is 0 Å². The first-order chi connectivity index (χ1) is 5.90. The monoisotopic (exact) mass is 205 g/mol. The maximum absolute atomic E-state index is 11.3. The van der Waals surface area contributed by atoms with Gasteiger partial charge in [0.25, 0.3) is 0 Å². The zero-order valence-corrected chi connectivity index (χ0v) is 8.80. The Morgan fingerprint density at radius 1 is 1.46 bits per heavy atom. The number of amides is 1. The smallest absolute Gasteiger partial charge is 0.237 e. The molecule has 76 valence electrons. The summed E-state index contributed by atoms with van der Waals surface area (Å²) in [4.78, 5) is 12.9. The van der Waals surface area contributed by atoms with Gasteiger partial charge in [0.2, 0.25) is 5.91 Å². The third-order valence-corrected chi connectivity index (χ3v) is 3.17. The number of rotatable bonds is 3. The Bertz CT molecular complexity index is 293. The predicted molar refractivity (Wildman–Crippen MR) is 50.1 cm³/mol. The van der Waals surface area contributed by atoms with E-state index in [1.54, 1.807) is 11.9 Å². The number of hydrogen-bond acceptors (Lipinski definition) is 3. The summed E-state index contributed by atoms with van der Waals surface area (Å²) in [5, 5.41) is 0. The van der Waals surface area contributed by atoms with Crippen LogP contribution in [0.3, 0.4) is 0 Å². The number of carbonyl (C=O) groups excluding carboxylic acids is 1. The fourth-order valence-corrected chi connectivity index (χ4v) is 1.96. The van der Waals surface area contributed by atoms with E-state index in [9.17, 15) is 13.2 Å². The van der Waals surface area contributed by atoms with Crippen LogP contribution in [0.1, 0.15) is 19.3 Å². The predicted octanol–water partition coefficient (Wildman–Crippen LogP) is 0.0419. The normalized spacial score (nSPS) is 18.0. The van der Waals surface area contributed by atoms with Crippen molar-refractivity contribution in [3.8, 4) is 0 Å². The third kappa shape index (κ3) is 2.99. The molecule has 0 radical (unpaired) electrons. The molecule has 0 saturated heterocycles. The van der Waals surface area contributed by atoms with Crippen LogP contribution in [0.4, 0.5) is 0 Å². The summed E-state index contributed by atoms with van der Waals surface area (Å²) in [6.45, 7) is 0. The Labute approximate surface area is 78.8 Å². The zero-order chi connectivity index (χ0) is 10.1. The lowest BCUT2D eigenvalue weighted by Crippen LogP contribution is -2.43. The van der Waals surface area contributed by atoms with E-state index in [2.05, 4.69) is 0 Å². The molecule has 1 saturated carbocycles. The minimum Gasteiger partial charge on any atom is -0.342 e. The van der Waals surface area contributed by atoms with E-state index in [1.165, 1.54) is 0 Å². The van der Waals surface area contributed by atoms with Crippen molar-refractivity contribution < 1.29 is 13.2 Å². The lowest BCUT2D eigenvalue weighted by atomic mass is 9.92. The van der Waals surface area contributed by atoms with Crippen molar-refractivity contribution in [2.75, 3.05) is 19.1 Å². The summed E-state index contributed by atoms with van der Waals surface area (Å²) in [7, 11) is -1.50. The molecule has 0 spiro atoms. The van der Waals surface area contributed by atoms with E-state index in [-0.39, 0.29) is 17.7 Å². The molecule has 5 heteroatoms. The topological polar surface area (TPSA) is 54.5 Å². The standard InChI is InChI=1S/C8H15NO3S/c1-9(7-4-3-5-7)8(10)6-13(2,11)12/h7H,3-6H2,1-2H3. The molecule has 0 aromatic heterocycles. The summed E-state index contributed by atoms with van der Waals surface area (Å²) in [5.41, 5.74) is 0. The van der Waals surface area contributed by atoms with Crippen LogP contribution in [0, 0.1) is 0 Å². The third-order valence-electron chi connectivity index (χ3n) is 2.40. The first kappa shape index (κ1) is 10.5. The van der Waals surface area contributed by atoms with E-state index in [4.69, 9.17) is 0 Å². The van der Waals surface area contributed by atoms with Crippen LogP contribution >= 0.6 is 0 Å². The van der Waals surface area contributed by atoms with Gasteiger partial charge in [-0.3, -0.25) is 4.79 Å². The molecule has 0 bridgehead atoms. The molecule has 1 fully saturated rings. The molecule has 13 heavy (non-hydrogen) atoms. The van der Waals surface area contributed by atoms with Gasteiger partial charge in [0.1, 0.15) is 5.75 Å². The maximum atomic E-state index is 11.3. The number of hydrogen-bond donors (Lipinski definition) is 0. The quantitative estimate of drug-likeness (QED) is 0.654. The Hall–Kier alpha value is -0.580. The van der Waals surface area contributed by atoms with Gasteiger partial charge in [-0.2, -0.15) is 0 Å². The lowest BCUT2D eigenvalue weighted by molar-refractivity contribution is -0.130. The Morgan fingerprint density at radius 2 is 2.00 bits per heavy atom. The van der Waals surface area contributed by atoms with Crippen LogP contribution in [0.5, 0.6) is 0 Å². The molecule has 0 aliphatic heterocycles. The highest BCUT2D eigenvalue weighted by Crippen LogP contribution is 2.23. The first-order valence-corrected chi connectivity index (χ1v) is 6.39. The summed E-state index contributed by atoms with van der Waals surface area (Å²) in [6.07, 6.45) is 4.23. The molecule has 0 atom stereocenters. The average molecular weight is 205 g/mol. The second-order valence-corrected chi connectivity index (χ2v) is 5.80. The van der Waals surface area contributed by atoms with Gasteiger partial charge in [0.15, 0.2) is 9.84 Å².